The molecular formula is C14H18ClNO3. The van der Waals surface area contributed by atoms with Crippen LogP contribution >= 0.6 is 11.6 Å². The molecule has 1 N–H and O–H groups in total. The Kier molecular flexibility index (Phi) is 4.80. The maximum atomic E-state index is 11.2. The van der Waals surface area contributed by atoms with Crippen LogP contribution in [0.15, 0.2) is 24.3 Å². The van der Waals surface area contributed by atoms with Gasteiger partial charge in [-0.3, -0.25) is 9.69 Å². The molecule has 2 rings (SSSR count). The quantitative estimate of drug-likeness (QED) is 0.901. The first-order valence-corrected chi connectivity index (χ1v) is 6.79. The molecule has 104 valence electrons. The van der Waals surface area contributed by atoms with Gasteiger partial charge in [-0.05, 0) is 18.2 Å². The van der Waals surface area contributed by atoms with Gasteiger partial charge in [0.15, 0.2) is 0 Å². The van der Waals surface area contributed by atoms with Crippen molar-refractivity contribution in [1.82, 2.24) is 4.90 Å². The number of nitrogens with zero attached hydrogens (tertiary/aromatic N) is 1. The van der Waals surface area contributed by atoms with Gasteiger partial charge in [-0.25, -0.2) is 0 Å². The van der Waals surface area contributed by atoms with E-state index in [2.05, 4.69) is 4.90 Å². The van der Waals surface area contributed by atoms with Crippen molar-refractivity contribution >= 4 is 17.6 Å². The fourth-order valence-corrected chi connectivity index (χ4v) is 2.64. The molecule has 0 amide bonds. The summed E-state index contributed by atoms with van der Waals surface area (Å²) in [6.45, 7) is 4.19. The summed E-state index contributed by atoms with van der Waals surface area (Å²) in [7, 11) is 0. The lowest BCUT2D eigenvalue weighted by molar-refractivity contribution is -0.143. The van der Waals surface area contributed by atoms with Crippen LogP contribution in [0.4, 0.5) is 0 Å². The van der Waals surface area contributed by atoms with Crippen molar-refractivity contribution in [3.63, 3.8) is 0 Å². The molecule has 0 spiro atoms. The van der Waals surface area contributed by atoms with Crippen molar-refractivity contribution in [3.8, 4) is 0 Å². The van der Waals surface area contributed by atoms with Gasteiger partial charge in [0.05, 0.1) is 19.1 Å². The molecule has 2 unspecified atom stereocenters. The number of hydrogen-bond donors (Lipinski definition) is 1. The monoisotopic (exact) mass is 283 g/mol. The molecule has 0 saturated carbocycles. The first-order chi connectivity index (χ1) is 9.13. The van der Waals surface area contributed by atoms with Gasteiger partial charge >= 0.3 is 5.97 Å². The second-order valence-corrected chi connectivity index (χ2v) is 5.11. The second kappa shape index (κ2) is 6.37. The van der Waals surface area contributed by atoms with E-state index in [4.69, 9.17) is 16.3 Å². The third kappa shape index (κ3) is 3.26. The van der Waals surface area contributed by atoms with Gasteiger partial charge in [0.1, 0.15) is 0 Å². The fourth-order valence-electron chi connectivity index (χ4n) is 2.45. The minimum atomic E-state index is -0.792. The van der Waals surface area contributed by atoms with Crippen LogP contribution in [0, 0.1) is 5.92 Å². The standard InChI is InChI=1S/C14H18ClNO3/c1-2-16(7-10-5-3-4-6-12(10)15)13-9-19-8-11(13)14(17)18/h3-6,11,13H,2,7-9H2,1H3,(H,17,18). The number of carboxylic acid groups (broad SMARTS) is 1. The number of benzene rings is 1. The highest BCUT2D eigenvalue weighted by molar-refractivity contribution is 6.31. The maximum absolute atomic E-state index is 11.2. The molecule has 0 bridgehead atoms. The minimum absolute atomic E-state index is 0.0845. The number of aliphatic carboxylic acids is 1. The third-order valence-electron chi connectivity index (χ3n) is 3.57. The summed E-state index contributed by atoms with van der Waals surface area (Å²) in [5.41, 5.74) is 1.02. The molecule has 5 heteroatoms. The van der Waals surface area contributed by atoms with Crippen LogP contribution in [0.3, 0.4) is 0 Å². The number of carboxylic acids is 1. The van der Waals surface area contributed by atoms with Crippen LogP contribution in [-0.2, 0) is 16.1 Å². The van der Waals surface area contributed by atoms with Gasteiger partial charge in [-0.15, -0.1) is 0 Å². The second-order valence-electron chi connectivity index (χ2n) is 4.70. The molecule has 1 aromatic carbocycles. The van der Waals surface area contributed by atoms with Crippen LogP contribution in [0.5, 0.6) is 0 Å². The van der Waals surface area contributed by atoms with Crippen LogP contribution in [0.25, 0.3) is 0 Å². The van der Waals surface area contributed by atoms with Gasteiger partial charge < -0.3 is 9.84 Å². The summed E-state index contributed by atoms with van der Waals surface area (Å²) in [5.74, 6) is -1.25. The average molecular weight is 284 g/mol. The van der Waals surface area contributed by atoms with Crippen molar-refractivity contribution in [2.75, 3.05) is 19.8 Å². The van der Waals surface area contributed by atoms with Crippen molar-refractivity contribution in [3.05, 3.63) is 34.9 Å². The zero-order valence-electron chi connectivity index (χ0n) is 10.9. The molecule has 4 nitrogen and oxygen atoms in total. The normalized spacial score (nSPS) is 22.9. The summed E-state index contributed by atoms with van der Waals surface area (Å²) in [4.78, 5) is 13.3. The molecule has 0 aliphatic carbocycles. The van der Waals surface area contributed by atoms with Gasteiger partial charge in [0.2, 0.25) is 0 Å². The molecular weight excluding hydrogens is 266 g/mol. The predicted molar refractivity (Wildman–Crippen MR) is 73.3 cm³/mol. The summed E-state index contributed by atoms with van der Waals surface area (Å²) < 4.78 is 5.33. The molecule has 1 aliphatic rings. The molecule has 1 saturated heterocycles. The average Bonchev–Trinajstić information content (AvgIpc) is 2.87. The molecule has 2 atom stereocenters. The van der Waals surface area contributed by atoms with E-state index in [-0.39, 0.29) is 6.04 Å². The number of ether oxygens (including phenoxy) is 1. The summed E-state index contributed by atoms with van der Waals surface area (Å²) in [6, 6.07) is 7.57. The number of likely N-dealkylation sites (N-methyl/N-ethyl adjacent to an activating group) is 1. The van der Waals surface area contributed by atoms with Gasteiger partial charge in [-0.2, -0.15) is 0 Å². The van der Waals surface area contributed by atoms with Crippen LogP contribution < -0.4 is 0 Å². The minimum Gasteiger partial charge on any atom is -0.481 e. The lowest BCUT2D eigenvalue weighted by atomic mass is 10.0. The van der Waals surface area contributed by atoms with E-state index in [1.54, 1.807) is 0 Å². The van der Waals surface area contributed by atoms with E-state index in [1.165, 1.54) is 0 Å². The Morgan fingerprint density at radius 2 is 2.21 bits per heavy atom. The maximum Gasteiger partial charge on any atom is 0.310 e. The van der Waals surface area contributed by atoms with Gasteiger partial charge in [0.25, 0.3) is 0 Å². The Morgan fingerprint density at radius 3 is 2.84 bits per heavy atom. The van der Waals surface area contributed by atoms with Gasteiger partial charge in [-0.1, -0.05) is 36.7 Å². The van der Waals surface area contributed by atoms with Crippen molar-refractivity contribution in [2.45, 2.75) is 19.5 Å². The third-order valence-corrected chi connectivity index (χ3v) is 3.94. The van der Waals surface area contributed by atoms with Crippen LogP contribution in [-0.4, -0.2) is 41.8 Å². The summed E-state index contributed by atoms with van der Waals surface area (Å²) >= 11 is 6.16. The van der Waals surface area contributed by atoms with Gasteiger partial charge in [0, 0.05) is 17.6 Å². The predicted octanol–water partition coefficient (Wildman–Crippen LogP) is 2.26. The van der Waals surface area contributed by atoms with E-state index in [0.29, 0.717) is 24.8 Å². The first-order valence-electron chi connectivity index (χ1n) is 6.41. The Labute approximate surface area is 117 Å². The summed E-state index contributed by atoms with van der Waals surface area (Å²) in [6.07, 6.45) is 0. The van der Waals surface area contributed by atoms with Crippen LogP contribution in [0.2, 0.25) is 5.02 Å². The lowest BCUT2D eigenvalue weighted by Gasteiger charge is -2.29. The van der Waals surface area contributed by atoms with E-state index >= 15 is 0 Å². The zero-order valence-corrected chi connectivity index (χ0v) is 11.6. The number of halogens is 1. The van der Waals surface area contributed by atoms with E-state index in [0.717, 1.165) is 12.1 Å². The van der Waals surface area contributed by atoms with Crippen molar-refractivity contribution < 1.29 is 14.6 Å². The number of carbonyl (C=O) groups is 1. The van der Waals surface area contributed by atoms with E-state index < -0.39 is 11.9 Å². The largest absolute Gasteiger partial charge is 0.481 e. The van der Waals surface area contributed by atoms with Crippen molar-refractivity contribution in [2.24, 2.45) is 5.92 Å². The molecule has 1 aromatic rings. The Hall–Kier alpha value is -1.10. The Balaban J connectivity index is 2.12. The highest BCUT2D eigenvalue weighted by Crippen LogP contribution is 2.24. The Morgan fingerprint density at radius 1 is 1.47 bits per heavy atom. The molecule has 1 fully saturated rings. The van der Waals surface area contributed by atoms with Crippen LogP contribution in [0.1, 0.15) is 12.5 Å². The summed E-state index contributed by atoms with van der Waals surface area (Å²) in [5, 5.41) is 9.93. The van der Waals surface area contributed by atoms with E-state index in [9.17, 15) is 9.90 Å². The Bertz CT molecular complexity index is 452. The smallest absolute Gasteiger partial charge is 0.310 e. The molecule has 0 aromatic heterocycles. The number of hydrogen-bond acceptors (Lipinski definition) is 3. The highest BCUT2D eigenvalue weighted by atomic mass is 35.5. The van der Waals surface area contributed by atoms with Crippen molar-refractivity contribution in [1.29, 1.82) is 0 Å². The topological polar surface area (TPSA) is 49.8 Å². The zero-order chi connectivity index (χ0) is 13.8. The lowest BCUT2D eigenvalue weighted by Crippen LogP contribution is -2.42. The highest BCUT2D eigenvalue weighted by Gasteiger charge is 2.37. The molecule has 19 heavy (non-hydrogen) atoms. The molecule has 0 radical (unpaired) electrons. The fraction of sp³-hybridized carbons (Fsp3) is 0.500. The number of rotatable bonds is 5. The SMILES string of the molecule is CCN(Cc1ccccc1Cl)C1COCC1C(=O)O. The molecule has 1 heterocycles. The first kappa shape index (κ1) is 14.3. The molecule has 1 aliphatic heterocycles. The van der Waals surface area contributed by atoms with E-state index in [1.807, 2.05) is 31.2 Å².